The number of hydrogen-bond donors (Lipinski definition) is 2. The molecule has 25 heavy (non-hydrogen) atoms. The topological polar surface area (TPSA) is 88.0 Å². The summed E-state index contributed by atoms with van der Waals surface area (Å²) >= 11 is 0. The highest BCUT2D eigenvalue weighted by Gasteiger charge is 2.22. The summed E-state index contributed by atoms with van der Waals surface area (Å²) in [6.45, 7) is 1.75. The summed E-state index contributed by atoms with van der Waals surface area (Å²) in [5.74, 6) is -1.52. The van der Waals surface area contributed by atoms with Gasteiger partial charge in [-0.25, -0.2) is 18.3 Å². The van der Waals surface area contributed by atoms with Crippen LogP contribution in [0.5, 0.6) is 0 Å². The second kappa shape index (κ2) is 5.62. The van der Waals surface area contributed by atoms with Crippen LogP contribution in [0.1, 0.15) is 12.5 Å². The molecule has 4 aromatic rings. The van der Waals surface area contributed by atoms with Crippen molar-refractivity contribution < 1.29 is 13.6 Å². The van der Waals surface area contributed by atoms with Crippen molar-refractivity contribution in [1.29, 1.82) is 0 Å². The summed E-state index contributed by atoms with van der Waals surface area (Å²) in [6, 6.07) is 3.36. The van der Waals surface area contributed by atoms with Crippen LogP contribution in [0.15, 0.2) is 24.5 Å². The third-order valence-corrected chi connectivity index (χ3v) is 4.02. The van der Waals surface area contributed by atoms with E-state index in [0.717, 1.165) is 0 Å². The number of rotatable bonds is 4. The third kappa shape index (κ3) is 2.24. The summed E-state index contributed by atoms with van der Waals surface area (Å²) in [6.07, 6.45) is 3.79. The SMILES string of the molecule is CCc1c(F)c(F)c2[nH]ncc2c1-c1ccc2nc(NC=O)cn2n1. The van der Waals surface area contributed by atoms with Crippen LogP contribution in [-0.2, 0) is 11.2 Å². The van der Waals surface area contributed by atoms with Gasteiger partial charge in [-0.05, 0) is 18.6 Å². The average molecular weight is 342 g/mol. The van der Waals surface area contributed by atoms with Gasteiger partial charge in [-0.1, -0.05) is 6.92 Å². The Kier molecular flexibility index (Phi) is 3.41. The number of carbonyl (C=O) groups excluding carboxylic acids is 1. The number of carbonyl (C=O) groups is 1. The number of aromatic amines is 1. The molecule has 0 spiro atoms. The number of nitrogens with zero attached hydrogens (tertiary/aromatic N) is 4. The molecule has 0 saturated heterocycles. The molecule has 0 saturated carbocycles. The molecular formula is C16H12F2N6O. The molecule has 126 valence electrons. The molecule has 0 atom stereocenters. The number of aromatic nitrogens is 5. The molecule has 4 rings (SSSR count). The first kappa shape index (κ1) is 15.2. The molecule has 2 N–H and O–H groups in total. The lowest BCUT2D eigenvalue weighted by molar-refractivity contribution is -0.105. The predicted octanol–water partition coefficient (Wildman–Crippen LogP) is 2.68. The van der Waals surface area contributed by atoms with Crippen LogP contribution < -0.4 is 5.32 Å². The highest BCUT2D eigenvalue weighted by Crippen LogP contribution is 2.34. The zero-order chi connectivity index (χ0) is 17.6. The fourth-order valence-electron chi connectivity index (χ4n) is 2.93. The molecule has 3 aromatic heterocycles. The first-order valence-electron chi connectivity index (χ1n) is 7.54. The van der Waals surface area contributed by atoms with E-state index in [4.69, 9.17) is 0 Å². The summed E-state index contributed by atoms with van der Waals surface area (Å²) < 4.78 is 30.1. The van der Waals surface area contributed by atoms with E-state index in [-0.39, 0.29) is 11.1 Å². The summed E-state index contributed by atoms with van der Waals surface area (Å²) in [4.78, 5) is 14.7. The van der Waals surface area contributed by atoms with E-state index in [1.807, 2.05) is 0 Å². The maximum Gasteiger partial charge on any atom is 0.212 e. The van der Waals surface area contributed by atoms with Crippen molar-refractivity contribution in [1.82, 2.24) is 24.8 Å². The summed E-state index contributed by atoms with van der Waals surface area (Å²) in [7, 11) is 0. The average Bonchev–Trinajstić information content (AvgIpc) is 3.24. The smallest absolute Gasteiger partial charge is 0.212 e. The van der Waals surface area contributed by atoms with Crippen molar-refractivity contribution in [2.75, 3.05) is 5.32 Å². The largest absolute Gasteiger partial charge is 0.312 e. The van der Waals surface area contributed by atoms with Crippen LogP contribution in [-0.4, -0.2) is 31.2 Å². The fraction of sp³-hybridized carbons (Fsp3) is 0.125. The minimum atomic E-state index is -0.950. The Morgan fingerprint density at radius 3 is 2.92 bits per heavy atom. The molecule has 0 aliphatic rings. The Balaban J connectivity index is 2.00. The van der Waals surface area contributed by atoms with Gasteiger partial charge < -0.3 is 5.32 Å². The first-order valence-corrected chi connectivity index (χ1v) is 7.54. The van der Waals surface area contributed by atoms with Crippen LogP contribution >= 0.6 is 0 Å². The van der Waals surface area contributed by atoms with Crippen LogP contribution in [0.3, 0.4) is 0 Å². The molecule has 0 aliphatic carbocycles. The Hall–Kier alpha value is -3.36. The van der Waals surface area contributed by atoms with E-state index in [0.29, 0.717) is 40.9 Å². The molecular weight excluding hydrogens is 330 g/mol. The van der Waals surface area contributed by atoms with Gasteiger partial charge in [0.05, 0.1) is 18.1 Å². The molecule has 1 aromatic carbocycles. The predicted molar refractivity (Wildman–Crippen MR) is 87.1 cm³/mol. The lowest BCUT2D eigenvalue weighted by Gasteiger charge is -2.11. The Bertz CT molecular complexity index is 1120. The lowest BCUT2D eigenvalue weighted by Crippen LogP contribution is -2.02. The third-order valence-electron chi connectivity index (χ3n) is 4.02. The number of hydrogen-bond acceptors (Lipinski definition) is 4. The number of fused-ring (bicyclic) bond motifs is 2. The lowest BCUT2D eigenvalue weighted by atomic mass is 9.97. The quantitative estimate of drug-likeness (QED) is 0.558. The van der Waals surface area contributed by atoms with E-state index >= 15 is 0 Å². The van der Waals surface area contributed by atoms with E-state index in [9.17, 15) is 13.6 Å². The molecule has 7 nitrogen and oxygen atoms in total. The van der Waals surface area contributed by atoms with Gasteiger partial charge >= 0.3 is 0 Å². The van der Waals surface area contributed by atoms with Crippen LogP contribution in [0, 0.1) is 11.6 Å². The molecule has 3 heterocycles. The zero-order valence-electron chi connectivity index (χ0n) is 13.0. The van der Waals surface area contributed by atoms with Gasteiger partial charge in [0, 0.05) is 16.5 Å². The number of anilines is 1. The Morgan fingerprint density at radius 2 is 2.16 bits per heavy atom. The highest BCUT2D eigenvalue weighted by atomic mass is 19.2. The van der Waals surface area contributed by atoms with Crippen LogP contribution in [0.25, 0.3) is 27.8 Å². The first-order chi connectivity index (χ1) is 12.1. The summed E-state index contributed by atoms with van der Waals surface area (Å²) in [5.41, 5.74) is 1.66. The number of H-pyrrole nitrogens is 1. The highest BCUT2D eigenvalue weighted by molar-refractivity contribution is 5.95. The standard InChI is InChI=1S/C16H12F2N6O/c1-2-8-13(9-5-20-22-16(9)15(18)14(8)17)10-3-4-12-21-11(19-7-25)6-24(12)23-10/h3-7H,2H2,1H3,(H,19,25)(H,20,22). The normalized spacial score (nSPS) is 11.3. The molecule has 0 radical (unpaired) electrons. The van der Waals surface area contributed by atoms with Crippen molar-refractivity contribution in [3.05, 3.63) is 41.7 Å². The number of benzene rings is 1. The fourth-order valence-corrected chi connectivity index (χ4v) is 2.93. The van der Waals surface area contributed by atoms with Gasteiger partial charge in [-0.2, -0.15) is 10.2 Å². The molecule has 1 amide bonds. The van der Waals surface area contributed by atoms with E-state index in [1.54, 1.807) is 19.1 Å². The van der Waals surface area contributed by atoms with Crippen molar-refractivity contribution in [2.24, 2.45) is 0 Å². The van der Waals surface area contributed by atoms with Gasteiger partial charge in [-0.3, -0.25) is 9.89 Å². The van der Waals surface area contributed by atoms with Gasteiger partial charge in [0.15, 0.2) is 23.1 Å². The van der Waals surface area contributed by atoms with Crippen molar-refractivity contribution in [3.63, 3.8) is 0 Å². The number of halogens is 2. The molecule has 0 bridgehead atoms. The van der Waals surface area contributed by atoms with Gasteiger partial charge in [0.1, 0.15) is 5.52 Å². The van der Waals surface area contributed by atoms with Crippen molar-refractivity contribution in [2.45, 2.75) is 13.3 Å². The summed E-state index contributed by atoms with van der Waals surface area (Å²) in [5, 5.41) is 13.6. The van der Waals surface area contributed by atoms with Gasteiger partial charge in [0.25, 0.3) is 0 Å². The second-order valence-electron chi connectivity index (χ2n) is 5.40. The number of imidazole rings is 1. The minimum Gasteiger partial charge on any atom is -0.312 e. The monoisotopic (exact) mass is 342 g/mol. The van der Waals surface area contributed by atoms with Gasteiger partial charge in [-0.15, -0.1) is 0 Å². The van der Waals surface area contributed by atoms with E-state index < -0.39 is 11.6 Å². The molecule has 0 aliphatic heterocycles. The zero-order valence-corrected chi connectivity index (χ0v) is 13.0. The Labute approximate surface area is 139 Å². The molecule has 0 unspecified atom stereocenters. The molecule has 9 heteroatoms. The number of amides is 1. The minimum absolute atomic E-state index is 0.000499. The molecule has 0 fully saturated rings. The van der Waals surface area contributed by atoms with Crippen molar-refractivity contribution >= 4 is 28.8 Å². The van der Waals surface area contributed by atoms with E-state index in [1.165, 1.54) is 16.9 Å². The van der Waals surface area contributed by atoms with Gasteiger partial charge in [0.2, 0.25) is 6.41 Å². The Morgan fingerprint density at radius 1 is 1.32 bits per heavy atom. The number of nitrogens with one attached hydrogen (secondary N) is 2. The second-order valence-corrected chi connectivity index (χ2v) is 5.40. The van der Waals surface area contributed by atoms with E-state index in [2.05, 4.69) is 25.6 Å². The van der Waals surface area contributed by atoms with Crippen molar-refractivity contribution in [3.8, 4) is 11.3 Å². The maximum absolute atomic E-state index is 14.5. The maximum atomic E-state index is 14.5. The van der Waals surface area contributed by atoms with Crippen LogP contribution in [0.4, 0.5) is 14.6 Å². The van der Waals surface area contributed by atoms with Crippen LogP contribution in [0.2, 0.25) is 0 Å².